The molecule has 0 spiro atoms. The van der Waals surface area contributed by atoms with Crippen molar-refractivity contribution in [2.45, 2.75) is 25.9 Å². The quantitative estimate of drug-likeness (QED) is 0.670. The van der Waals surface area contributed by atoms with E-state index in [-0.39, 0.29) is 12.0 Å². The van der Waals surface area contributed by atoms with E-state index in [2.05, 4.69) is 0 Å². The molecule has 1 aliphatic rings. The lowest BCUT2D eigenvalue weighted by molar-refractivity contribution is -0.133. The van der Waals surface area contributed by atoms with Gasteiger partial charge in [-0.05, 0) is 19.8 Å². The van der Waals surface area contributed by atoms with E-state index in [1.807, 2.05) is 6.07 Å². The van der Waals surface area contributed by atoms with E-state index in [1.165, 1.54) is 0 Å². The van der Waals surface area contributed by atoms with E-state index in [9.17, 15) is 4.79 Å². The molecule has 14 heavy (non-hydrogen) atoms. The van der Waals surface area contributed by atoms with E-state index in [1.54, 1.807) is 18.9 Å². The first-order chi connectivity index (χ1) is 6.65. The Kier molecular flexibility index (Phi) is 3.90. The van der Waals surface area contributed by atoms with Crippen molar-refractivity contribution in [3.05, 3.63) is 0 Å². The van der Waals surface area contributed by atoms with Crippen LogP contribution in [0.15, 0.2) is 0 Å². The van der Waals surface area contributed by atoms with Gasteiger partial charge in [0.25, 0.3) is 0 Å². The van der Waals surface area contributed by atoms with Gasteiger partial charge in [0.15, 0.2) is 0 Å². The number of carbonyl (C=O) groups excluding carboxylic acids is 1. The van der Waals surface area contributed by atoms with E-state index >= 15 is 0 Å². The highest BCUT2D eigenvalue weighted by Crippen LogP contribution is 2.13. The highest BCUT2D eigenvalue weighted by Gasteiger charge is 2.22. The number of ether oxygens (including phenoxy) is 1. The van der Waals surface area contributed by atoms with E-state index in [0.29, 0.717) is 6.54 Å². The summed E-state index contributed by atoms with van der Waals surface area (Å²) in [6.07, 6.45) is 2.24. The predicted molar refractivity (Wildman–Crippen MR) is 51.4 cm³/mol. The summed E-state index contributed by atoms with van der Waals surface area (Å²) in [5, 5.41) is 8.59. The molecule has 78 valence electrons. The number of hydrogen-bond acceptors (Lipinski definition) is 3. The van der Waals surface area contributed by atoms with Crippen LogP contribution in [0.4, 0.5) is 0 Å². The van der Waals surface area contributed by atoms with E-state index in [4.69, 9.17) is 10.00 Å². The number of likely N-dealkylation sites (N-methyl/N-ethyl adjacent to an activating group) is 1. The van der Waals surface area contributed by atoms with Crippen molar-refractivity contribution >= 4 is 5.91 Å². The van der Waals surface area contributed by atoms with Gasteiger partial charge >= 0.3 is 0 Å². The van der Waals surface area contributed by atoms with Crippen molar-refractivity contribution in [1.82, 2.24) is 4.90 Å². The molecule has 1 fully saturated rings. The van der Waals surface area contributed by atoms with Crippen molar-refractivity contribution in [1.29, 1.82) is 5.26 Å². The highest BCUT2D eigenvalue weighted by molar-refractivity contribution is 5.80. The van der Waals surface area contributed by atoms with Crippen molar-refractivity contribution in [3.8, 4) is 6.07 Å². The normalized spacial score (nSPS) is 22.8. The number of rotatable bonds is 3. The lowest BCUT2D eigenvalue weighted by Crippen LogP contribution is -2.36. The molecule has 1 rings (SSSR count). The number of amides is 1. The Morgan fingerprint density at radius 1 is 1.79 bits per heavy atom. The molecule has 4 heteroatoms. The van der Waals surface area contributed by atoms with Crippen LogP contribution in [0.1, 0.15) is 19.8 Å². The summed E-state index contributed by atoms with van der Waals surface area (Å²) in [6.45, 7) is 3.01. The number of carbonyl (C=O) groups is 1. The Bertz CT molecular complexity index is 241. The van der Waals surface area contributed by atoms with Crippen molar-refractivity contribution < 1.29 is 9.53 Å². The van der Waals surface area contributed by atoms with Gasteiger partial charge in [0.05, 0.1) is 12.2 Å². The molecule has 4 nitrogen and oxygen atoms in total. The van der Waals surface area contributed by atoms with E-state index < -0.39 is 5.92 Å². The summed E-state index contributed by atoms with van der Waals surface area (Å²) in [5.74, 6) is -0.676. The Labute approximate surface area is 84.4 Å². The average molecular weight is 196 g/mol. The molecule has 1 heterocycles. The number of nitrogens with zero attached hydrogens (tertiary/aromatic N) is 2. The SMILES string of the molecule is CC(C#N)C(=O)N(C)CC1CCCO1. The van der Waals surface area contributed by atoms with Gasteiger partial charge in [-0.25, -0.2) is 0 Å². The summed E-state index contributed by atoms with van der Waals surface area (Å²) in [4.78, 5) is 13.1. The van der Waals surface area contributed by atoms with Crippen LogP contribution < -0.4 is 0 Å². The van der Waals surface area contributed by atoms with Crippen LogP contribution in [0.25, 0.3) is 0 Å². The monoisotopic (exact) mass is 196 g/mol. The molecule has 1 amide bonds. The maximum absolute atomic E-state index is 11.5. The predicted octanol–water partition coefficient (Wildman–Crippen LogP) is 0.783. The van der Waals surface area contributed by atoms with E-state index in [0.717, 1.165) is 19.4 Å². The first-order valence-corrected chi connectivity index (χ1v) is 4.91. The van der Waals surface area contributed by atoms with Gasteiger partial charge in [0.1, 0.15) is 5.92 Å². The minimum atomic E-state index is -0.554. The second-order valence-corrected chi connectivity index (χ2v) is 3.70. The molecule has 0 aromatic carbocycles. The van der Waals surface area contributed by atoms with Crippen LogP contribution in [0.3, 0.4) is 0 Å². The van der Waals surface area contributed by atoms with Gasteiger partial charge in [-0.1, -0.05) is 0 Å². The molecular formula is C10H16N2O2. The maximum atomic E-state index is 11.5. The van der Waals surface area contributed by atoms with Gasteiger partial charge in [0, 0.05) is 20.2 Å². The number of nitriles is 1. The number of hydrogen-bond donors (Lipinski definition) is 0. The Morgan fingerprint density at radius 3 is 3.00 bits per heavy atom. The second kappa shape index (κ2) is 4.97. The van der Waals surface area contributed by atoms with Crippen molar-refractivity contribution in [2.24, 2.45) is 5.92 Å². The minimum Gasteiger partial charge on any atom is -0.376 e. The second-order valence-electron chi connectivity index (χ2n) is 3.70. The highest BCUT2D eigenvalue weighted by atomic mass is 16.5. The van der Waals surface area contributed by atoms with Crippen molar-refractivity contribution in [3.63, 3.8) is 0 Å². The van der Waals surface area contributed by atoms with Crippen LogP contribution in [-0.4, -0.2) is 37.1 Å². The molecule has 2 unspecified atom stereocenters. The molecule has 0 aromatic rings. The lowest BCUT2D eigenvalue weighted by atomic mass is 10.1. The summed E-state index contributed by atoms with van der Waals surface area (Å²) in [7, 11) is 1.72. The minimum absolute atomic E-state index is 0.122. The van der Waals surface area contributed by atoms with Gasteiger partial charge in [0.2, 0.25) is 5.91 Å². The van der Waals surface area contributed by atoms with Crippen LogP contribution in [-0.2, 0) is 9.53 Å². The fourth-order valence-electron chi connectivity index (χ4n) is 1.57. The molecule has 0 radical (unpaired) electrons. The Morgan fingerprint density at radius 2 is 2.50 bits per heavy atom. The Hall–Kier alpha value is -1.08. The fourth-order valence-corrected chi connectivity index (χ4v) is 1.57. The van der Waals surface area contributed by atoms with Crippen LogP contribution in [0.2, 0.25) is 0 Å². The molecule has 1 saturated heterocycles. The zero-order valence-electron chi connectivity index (χ0n) is 8.69. The summed E-state index contributed by atoms with van der Waals surface area (Å²) >= 11 is 0. The van der Waals surface area contributed by atoms with Gasteiger partial charge in [-0.2, -0.15) is 5.26 Å². The van der Waals surface area contributed by atoms with Gasteiger partial charge in [-0.15, -0.1) is 0 Å². The molecule has 0 aliphatic carbocycles. The van der Waals surface area contributed by atoms with Crippen LogP contribution in [0.5, 0.6) is 0 Å². The Balaban J connectivity index is 2.37. The molecule has 0 saturated carbocycles. The summed E-state index contributed by atoms with van der Waals surface area (Å²) in [5.41, 5.74) is 0. The topological polar surface area (TPSA) is 53.3 Å². The first kappa shape index (κ1) is 11.0. The largest absolute Gasteiger partial charge is 0.376 e. The summed E-state index contributed by atoms with van der Waals surface area (Å²) < 4.78 is 5.41. The zero-order valence-corrected chi connectivity index (χ0v) is 8.69. The molecule has 0 N–H and O–H groups in total. The lowest BCUT2D eigenvalue weighted by Gasteiger charge is -2.21. The third kappa shape index (κ3) is 2.71. The molecule has 0 bridgehead atoms. The molecule has 2 atom stereocenters. The zero-order chi connectivity index (χ0) is 10.6. The third-order valence-electron chi connectivity index (χ3n) is 2.44. The fraction of sp³-hybridized carbons (Fsp3) is 0.800. The standard InChI is InChI=1S/C10H16N2O2/c1-8(6-11)10(13)12(2)7-9-4-3-5-14-9/h8-9H,3-5,7H2,1-2H3. The van der Waals surface area contributed by atoms with Crippen LogP contribution in [0, 0.1) is 17.2 Å². The maximum Gasteiger partial charge on any atom is 0.239 e. The van der Waals surface area contributed by atoms with Gasteiger partial charge < -0.3 is 9.64 Å². The average Bonchev–Trinajstić information content (AvgIpc) is 2.68. The molecule has 1 aliphatic heterocycles. The third-order valence-corrected chi connectivity index (χ3v) is 2.44. The summed E-state index contributed by atoms with van der Waals surface area (Å²) in [6, 6.07) is 1.94. The molecule has 0 aromatic heterocycles. The smallest absolute Gasteiger partial charge is 0.239 e. The molecular weight excluding hydrogens is 180 g/mol. The van der Waals surface area contributed by atoms with Crippen molar-refractivity contribution in [2.75, 3.05) is 20.2 Å². The van der Waals surface area contributed by atoms with Crippen LogP contribution >= 0.6 is 0 Å². The van der Waals surface area contributed by atoms with Gasteiger partial charge in [-0.3, -0.25) is 4.79 Å². The first-order valence-electron chi connectivity index (χ1n) is 4.91.